The Hall–Kier alpha value is -2.27. The number of anilines is 1. The first kappa shape index (κ1) is 19.1. The molecule has 134 valence electrons. The van der Waals surface area contributed by atoms with Gasteiger partial charge >= 0.3 is 0 Å². The van der Waals surface area contributed by atoms with E-state index in [1.165, 1.54) is 11.6 Å². The summed E-state index contributed by atoms with van der Waals surface area (Å²) >= 11 is 0. The number of nitrogens with one attached hydrogen (secondary N) is 2. The molecule has 2 aromatic carbocycles. The highest BCUT2D eigenvalue weighted by molar-refractivity contribution is 5.91. The lowest BCUT2D eigenvalue weighted by atomic mass is 9.87. The number of halogens is 2. The number of amides is 1. The molecule has 0 aliphatic carbocycles. The van der Waals surface area contributed by atoms with Gasteiger partial charge in [-0.3, -0.25) is 4.79 Å². The number of hydrogen-bond acceptors (Lipinski definition) is 1. The van der Waals surface area contributed by atoms with Crippen molar-refractivity contribution in [3.05, 3.63) is 65.2 Å². The maximum Gasteiger partial charge on any atom is 0.279 e. The van der Waals surface area contributed by atoms with Crippen LogP contribution in [0.3, 0.4) is 0 Å². The molecular formula is C20H25F2N2O+. The fourth-order valence-corrected chi connectivity index (χ4v) is 2.59. The number of carbonyl (C=O) groups excluding carboxylic acids is 1. The topological polar surface area (TPSA) is 33.5 Å². The minimum atomic E-state index is -0.774. The van der Waals surface area contributed by atoms with Crippen LogP contribution in [0.15, 0.2) is 42.5 Å². The van der Waals surface area contributed by atoms with Crippen LogP contribution >= 0.6 is 0 Å². The average molecular weight is 347 g/mol. The van der Waals surface area contributed by atoms with E-state index in [0.717, 1.165) is 22.6 Å². The molecule has 0 saturated heterocycles. The lowest BCUT2D eigenvalue weighted by molar-refractivity contribution is -0.885. The molecule has 0 aromatic heterocycles. The van der Waals surface area contributed by atoms with Gasteiger partial charge in [0.05, 0.1) is 12.7 Å². The molecule has 5 heteroatoms. The maximum absolute atomic E-state index is 13.6. The standard InChI is InChI=1S/C20H24F2N2O/c1-20(2,3)15-7-5-14(6-8-15)12-24(4)13-19(25)23-18-10-9-16(21)11-17(18)22/h5-11H,12-13H2,1-4H3,(H,23,25)/p+1. The summed E-state index contributed by atoms with van der Waals surface area (Å²) in [5.74, 6) is -1.75. The molecule has 0 aliphatic rings. The van der Waals surface area contributed by atoms with Crippen molar-refractivity contribution in [1.29, 1.82) is 0 Å². The monoisotopic (exact) mass is 347 g/mol. The van der Waals surface area contributed by atoms with E-state index >= 15 is 0 Å². The van der Waals surface area contributed by atoms with E-state index in [9.17, 15) is 13.6 Å². The average Bonchev–Trinajstić information content (AvgIpc) is 2.49. The highest BCUT2D eigenvalue weighted by atomic mass is 19.1. The molecule has 2 aromatic rings. The summed E-state index contributed by atoms with van der Waals surface area (Å²) in [6, 6.07) is 11.5. The Bertz CT molecular complexity index is 736. The van der Waals surface area contributed by atoms with Crippen LogP contribution < -0.4 is 10.2 Å². The zero-order valence-electron chi connectivity index (χ0n) is 15.1. The van der Waals surface area contributed by atoms with Crippen molar-refractivity contribution in [2.24, 2.45) is 0 Å². The summed E-state index contributed by atoms with van der Waals surface area (Å²) < 4.78 is 26.5. The molecule has 0 aliphatic heterocycles. The second-order valence-corrected chi connectivity index (χ2v) is 7.43. The molecule has 1 unspecified atom stereocenters. The van der Waals surface area contributed by atoms with Crippen molar-refractivity contribution in [1.82, 2.24) is 0 Å². The molecule has 2 N–H and O–H groups in total. The molecular weight excluding hydrogens is 322 g/mol. The van der Waals surface area contributed by atoms with E-state index < -0.39 is 11.6 Å². The van der Waals surface area contributed by atoms with Crippen LogP contribution in [0.25, 0.3) is 0 Å². The summed E-state index contributed by atoms with van der Waals surface area (Å²) in [4.78, 5) is 13.0. The van der Waals surface area contributed by atoms with Crippen LogP contribution in [0.5, 0.6) is 0 Å². The quantitative estimate of drug-likeness (QED) is 0.857. The number of hydrogen-bond donors (Lipinski definition) is 2. The number of likely N-dealkylation sites (N-methyl/N-ethyl adjacent to an activating group) is 1. The Morgan fingerprint density at radius 3 is 2.28 bits per heavy atom. The molecule has 3 nitrogen and oxygen atoms in total. The number of quaternary nitrogens is 1. The molecule has 1 amide bonds. The van der Waals surface area contributed by atoms with Crippen molar-refractivity contribution >= 4 is 11.6 Å². The largest absolute Gasteiger partial charge is 0.326 e. The first-order chi connectivity index (χ1) is 11.6. The summed E-state index contributed by atoms with van der Waals surface area (Å²) in [6.45, 7) is 7.37. The van der Waals surface area contributed by atoms with Gasteiger partial charge < -0.3 is 10.2 Å². The van der Waals surface area contributed by atoms with Gasteiger partial charge in [0.2, 0.25) is 0 Å². The zero-order valence-corrected chi connectivity index (χ0v) is 15.1. The SMILES string of the molecule is C[NH+](CC(=O)Nc1ccc(F)cc1F)Cc1ccc(C(C)(C)C)cc1. The predicted octanol–water partition coefficient (Wildman–Crippen LogP) is 2.92. The van der Waals surface area contributed by atoms with Gasteiger partial charge in [-0.2, -0.15) is 0 Å². The normalized spacial score (nSPS) is 12.7. The van der Waals surface area contributed by atoms with E-state index in [-0.39, 0.29) is 23.6 Å². The second-order valence-electron chi connectivity index (χ2n) is 7.43. The van der Waals surface area contributed by atoms with Gasteiger partial charge in [-0.1, -0.05) is 45.0 Å². The molecule has 1 atom stereocenters. The fourth-order valence-electron chi connectivity index (χ4n) is 2.59. The molecule has 0 saturated carbocycles. The van der Waals surface area contributed by atoms with E-state index in [0.29, 0.717) is 6.54 Å². The van der Waals surface area contributed by atoms with E-state index in [2.05, 4.69) is 50.4 Å². The van der Waals surface area contributed by atoms with Gasteiger partial charge in [0.25, 0.3) is 5.91 Å². The lowest BCUT2D eigenvalue weighted by Crippen LogP contribution is -3.08. The van der Waals surface area contributed by atoms with Crippen molar-refractivity contribution in [3.8, 4) is 0 Å². The third-order valence-electron chi connectivity index (χ3n) is 3.99. The van der Waals surface area contributed by atoms with E-state index in [1.807, 2.05) is 7.05 Å². The third-order valence-corrected chi connectivity index (χ3v) is 3.99. The summed E-state index contributed by atoms with van der Waals surface area (Å²) in [7, 11) is 1.90. The Kier molecular flexibility index (Phi) is 5.90. The first-order valence-corrected chi connectivity index (χ1v) is 8.31. The van der Waals surface area contributed by atoms with Crippen molar-refractivity contribution in [3.63, 3.8) is 0 Å². The van der Waals surface area contributed by atoms with Crippen LogP contribution in [0, 0.1) is 11.6 Å². The zero-order chi connectivity index (χ0) is 18.6. The second kappa shape index (κ2) is 7.74. The molecule has 0 heterocycles. The molecule has 0 bridgehead atoms. The van der Waals surface area contributed by atoms with Crippen LogP contribution in [0.1, 0.15) is 31.9 Å². The Morgan fingerprint density at radius 1 is 1.08 bits per heavy atom. The van der Waals surface area contributed by atoms with Crippen LogP contribution in [0.4, 0.5) is 14.5 Å². The van der Waals surface area contributed by atoms with Gasteiger partial charge in [0.15, 0.2) is 6.54 Å². The van der Waals surface area contributed by atoms with Crippen LogP contribution in [0.2, 0.25) is 0 Å². The van der Waals surface area contributed by atoms with Crippen molar-refractivity contribution in [2.45, 2.75) is 32.7 Å². The van der Waals surface area contributed by atoms with Gasteiger partial charge in [-0.05, 0) is 23.1 Å². The van der Waals surface area contributed by atoms with Gasteiger partial charge in [-0.15, -0.1) is 0 Å². The Morgan fingerprint density at radius 2 is 1.72 bits per heavy atom. The highest BCUT2D eigenvalue weighted by Gasteiger charge is 2.15. The molecule has 0 radical (unpaired) electrons. The summed E-state index contributed by atoms with van der Waals surface area (Å²) in [5, 5.41) is 2.48. The number of carbonyl (C=O) groups is 1. The summed E-state index contributed by atoms with van der Waals surface area (Å²) in [6.07, 6.45) is 0. The van der Waals surface area contributed by atoms with Gasteiger partial charge in [-0.25, -0.2) is 8.78 Å². The van der Waals surface area contributed by atoms with Gasteiger partial charge in [0, 0.05) is 11.6 Å². The lowest BCUT2D eigenvalue weighted by Gasteiger charge is -2.19. The van der Waals surface area contributed by atoms with E-state index in [1.54, 1.807) is 0 Å². The third kappa shape index (κ3) is 5.64. The molecule has 0 spiro atoms. The number of benzene rings is 2. The molecule has 2 rings (SSSR count). The van der Waals surface area contributed by atoms with Crippen molar-refractivity contribution in [2.75, 3.05) is 18.9 Å². The maximum atomic E-state index is 13.6. The van der Waals surface area contributed by atoms with Crippen LogP contribution in [-0.2, 0) is 16.8 Å². The highest BCUT2D eigenvalue weighted by Crippen LogP contribution is 2.22. The number of rotatable bonds is 5. The predicted molar refractivity (Wildman–Crippen MR) is 95.6 cm³/mol. The van der Waals surface area contributed by atoms with Crippen LogP contribution in [-0.4, -0.2) is 19.5 Å². The fraction of sp³-hybridized carbons (Fsp3) is 0.350. The molecule has 25 heavy (non-hydrogen) atoms. The summed E-state index contributed by atoms with van der Waals surface area (Å²) in [5.41, 5.74) is 2.49. The first-order valence-electron chi connectivity index (χ1n) is 8.31. The smallest absolute Gasteiger partial charge is 0.279 e. The molecule has 0 fully saturated rings. The van der Waals surface area contributed by atoms with Gasteiger partial charge in [0.1, 0.15) is 18.2 Å². The van der Waals surface area contributed by atoms with E-state index in [4.69, 9.17) is 0 Å². The van der Waals surface area contributed by atoms with Crippen molar-refractivity contribution < 1.29 is 18.5 Å². The minimum absolute atomic E-state index is 0.00581. The Labute approximate surface area is 147 Å². The minimum Gasteiger partial charge on any atom is -0.326 e. The Balaban J connectivity index is 1.91.